The van der Waals surface area contributed by atoms with Gasteiger partial charge in [0.25, 0.3) is 4.87 Å². The molecule has 192 valence electrons. The zero-order valence-corrected chi connectivity index (χ0v) is 23.0. The minimum absolute atomic E-state index is 0.536. The molecule has 0 amide bonds. The molecular formula is C32H24N2O3S2. The molecule has 4 aromatic carbocycles. The van der Waals surface area contributed by atoms with E-state index < -0.39 is 0 Å². The Labute approximate surface area is 234 Å². The summed E-state index contributed by atoms with van der Waals surface area (Å²) in [6.07, 6.45) is 0. The van der Waals surface area contributed by atoms with E-state index in [0.29, 0.717) is 10.00 Å². The predicted molar refractivity (Wildman–Crippen MR) is 159 cm³/mol. The lowest BCUT2D eigenvalue weighted by Crippen LogP contribution is -1.88. The maximum absolute atomic E-state index is 6.38. The van der Waals surface area contributed by atoms with Gasteiger partial charge in [0.2, 0.25) is 5.13 Å². The van der Waals surface area contributed by atoms with E-state index in [1.807, 2.05) is 84.9 Å². The number of hydrogen-bond donors (Lipinski definition) is 0. The normalized spacial score (nSPS) is 11.5. The second-order valence-electron chi connectivity index (χ2n) is 8.60. The molecule has 0 saturated carbocycles. The van der Waals surface area contributed by atoms with Crippen LogP contribution in [0.3, 0.4) is 0 Å². The van der Waals surface area contributed by atoms with Gasteiger partial charge in [-0.3, -0.25) is 0 Å². The van der Waals surface area contributed by atoms with E-state index in [-0.39, 0.29) is 0 Å². The van der Waals surface area contributed by atoms with E-state index in [0.717, 1.165) is 55.0 Å². The summed E-state index contributed by atoms with van der Waals surface area (Å²) in [5, 5.41) is 0.630. The molecule has 0 bridgehead atoms. The van der Waals surface area contributed by atoms with E-state index in [1.54, 1.807) is 25.6 Å². The van der Waals surface area contributed by atoms with Crippen molar-refractivity contribution in [2.45, 2.75) is 0 Å². The highest BCUT2D eigenvalue weighted by Crippen LogP contribution is 2.41. The maximum Gasteiger partial charge on any atom is 0.282 e. The molecule has 2 heterocycles. The van der Waals surface area contributed by atoms with Gasteiger partial charge in [-0.25, -0.2) is 4.98 Å². The monoisotopic (exact) mass is 548 g/mol. The SMILES string of the molecule is COc1ccc(-c2nc(/N=c3/oc(-c4ccc(OC)cc4)c(-c4ccccc4)s3)sc2-c2ccccc2)cc1. The Balaban J connectivity index is 1.48. The second kappa shape index (κ2) is 11.1. The van der Waals surface area contributed by atoms with Crippen LogP contribution in [-0.4, -0.2) is 19.2 Å². The molecule has 6 aromatic rings. The number of thiazole rings is 1. The van der Waals surface area contributed by atoms with Crippen molar-refractivity contribution < 1.29 is 13.9 Å². The van der Waals surface area contributed by atoms with Crippen molar-refractivity contribution in [1.29, 1.82) is 0 Å². The Morgan fingerprint density at radius 1 is 0.590 bits per heavy atom. The molecule has 0 saturated heterocycles. The summed E-state index contributed by atoms with van der Waals surface area (Å²) >= 11 is 3.05. The largest absolute Gasteiger partial charge is 0.497 e. The summed E-state index contributed by atoms with van der Waals surface area (Å²) in [5.74, 6) is 2.36. The van der Waals surface area contributed by atoms with Gasteiger partial charge in [-0.2, -0.15) is 4.99 Å². The van der Waals surface area contributed by atoms with Gasteiger partial charge in [0.15, 0.2) is 5.76 Å². The fraction of sp³-hybridized carbons (Fsp3) is 0.0625. The highest BCUT2D eigenvalue weighted by Gasteiger charge is 2.18. The summed E-state index contributed by atoms with van der Waals surface area (Å²) in [6, 6.07) is 36.3. The molecule has 39 heavy (non-hydrogen) atoms. The van der Waals surface area contributed by atoms with Gasteiger partial charge in [-0.05, 0) is 59.7 Å². The van der Waals surface area contributed by atoms with Crippen molar-refractivity contribution in [3.05, 3.63) is 114 Å². The van der Waals surface area contributed by atoms with Crippen LogP contribution >= 0.6 is 22.7 Å². The quantitative estimate of drug-likeness (QED) is 0.200. The number of rotatable bonds is 7. The average Bonchev–Trinajstić information content (AvgIpc) is 3.63. The van der Waals surface area contributed by atoms with E-state index in [2.05, 4.69) is 24.3 Å². The van der Waals surface area contributed by atoms with Crippen molar-refractivity contribution in [2.24, 2.45) is 4.99 Å². The van der Waals surface area contributed by atoms with Crippen molar-refractivity contribution >= 4 is 27.8 Å². The predicted octanol–water partition coefficient (Wildman–Crippen LogP) is 8.72. The summed E-state index contributed by atoms with van der Waals surface area (Å²) in [6.45, 7) is 0. The third-order valence-electron chi connectivity index (χ3n) is 6.18. The molecule has 0 aliphatic rings. The van der Waals surface area contributed by atoms with Crippen LogP contribution in [0.15, 0.2) is 119 Å². The van der Waals surface area contributed by atoms with Crippen LogP contribution in [0.5, 0.6) is 11.5 Å². The minimum Gasteiger partial charge on any atom is -0.497 e. The first-order valence-electron chi connectivity index (χ1n) is 12.3. The second-order valence-corrected chi connectivity index (χ2v) is 10.5. The maximum atomic E-state index is 6.38. The third-order valence-corrected chi connectivity index (χ3v) is 8.15. The lowest BCUT2D eigenvalue weighted by Gasteiger charge is -2.04. The molecular weight excluding hydrogens is 524 g/mol. The number of ether oxygens (including phenoxy) is 2. The molecule has 0 atom stereocenters. The average molecular weight is 549 g/mol. The fourth-order valence-electron chi connectivity index (χ4n) is 4.21. The van der Waals surface area contributed by atoms with E-state index >= 15 is 0 Å². The Morgan fingerprint density at radius 3 is 1.69 bits per heavy atom. The number of hydrogen-bond acceptors (Lipinski definition) is 7. The Hall–Kier alpha value is -4.46. The molecule has 0 aliphatic carbocycles. The standard InChI is InChI=1S/C32H24N2O3S2/c1-35-25-17-13-21(14-18-25)27-29(23-9-5-3-6-10-23)38-31(33-27)34-32-37-28(22-15-19-26(36-2)20-16-22)30(39-32)24-11-7-4-8-12-24/h3-20H,1-2H3/b34-32-. The molecule has 0 fully saturated rings. The van der Waals surface area contributed by atoms with Gasteiger partial charge in [-0.15, -0.1) is 0 Å². The molecule has 0 radical (unpaired) electrons. The van der Waals surface area contributed by atoms with Crippen molar-refractivity contribution in [2.75, 3.05) is 14.2 Å². The number of methoxy groups -OCH3 is 2. The molecule has 0 spiro atoms. The van der Waals surface area contributed by atoms with Crippen LogP contribution in [0, 0.1) is 0 Å². The van der Waals surface area contributed by atoms with Crippen LogP contribution in [-0.2, 0) is 0 Å². The molecule has 2 aromatic heterocycles. The van der Waals surface area contributed by atoms with Gasteiger partial charge < -0.3 is 13.9 Å². The summed E-state index contributed by atoms with van der Waals surface area (Å²) in [7, 11) is 3.33. The first kappa shape index (κ1) is 24.9. The van der Waals surface area contributed by atoms with Gasteiger partial charge in [0.1, 0.15) is 11.5 Å². The van der Waals surface area contributed by atoms with E-state index in [1.165, 1.54) is 11.3 Å². The van der Waals surface area contributed by atoms with Crippen molar-refractivity contribution in [1.82, 2.24) is 4.98 Å². The first-order chi connectivity index (χ1) is 19.2. The van der Waals surface area contributed by atoms with Crippen LogP contribution in [0.4, 0.5) is 5.13 Å². The molecule has 6 rings (SSSR count). The minimum atomic E-state index is 0.536. The van der Waals surface area contributed by atoms with Crippen LogP contribution in [0.25, 0.3) is 43.5 Å². The number of aromatic nitrogens is 1. The van der Waals surface area contributed by atoms with Crippen LogP contribution < -0.4 is 14.3 Å². The zero-order chi connectivity index (χ0) is 26.6. The smallest absolute Gasteiger partial charge is 0.282 e. The number of nitrogens with zero attached hydrogens (tertiary/aromatic N) is 2. The fourth-order valence-corrected chi connectivity index (χ4v) is 6.17. The van der Waals surface area contributed by atoms with Gasteiger partial charge in [0.05, 0.1) is 29.7 Å². The van der Waals surface area contributed by atoms with E-state index in [4.69, 9.17) is 23.9 Å². The van der Waals surface area contributed by atoms with E-state index in [9.17, 15) is 0 Å². The molecule has 0 N–H and O–H groups in total. The highest BCUT2D eigenvalue weighted by atomic mass is 32.1. The molecule has 7 heteroatoms. The lowest BCUT2D eigenvalue weighted by molar-refractivity contribution is 0.414. The van der Waals surface area contributed by atoms with Crippen molar-refractivity contribution in [3.8, 4) is 55.0 Å². The Morgan fingerprint density at radius 2 is 1.13 bits per heavy atom. The molecule has 5 nitrogen and oxygen atoms in total. The van der Waals surface area contributed by atoms with Crippen molar-refractivity contribution in [3.63, 3.8) is 0 Å². The van der Waals surface area contributed by atoms with Gasteiger partial charge >= 0.3 is 0 Å². The Kier molecular flexibility index (Phi) is 7.08. The lowest BCUT2D eigenvalue weighted by atomic mass is 10.1. The summed E-state index contributed by atoms with van der Waals surface area (Å²) in [5.41, 5.74) is 4.99. The summed E-state index contributed by atoms with van der Waals surface area (Å²) < 4.78 is 17.1. The highest BCUT2D eigenvalue weighted by molar-refractivity contribution is 7.19. The molecule has 0 unspecified atom stereocenters. The van der Waals surface area contributed by atoms with Crippen LogP contribution in [0.2, 0.25) is 0 Å². The zero-order valence-electron chi connectivity index (χ0n) is 21.3. The number of benzene rings is 4. The molecule has 0 aliphatic heterocycles. The first-order valence-corrected chi connectivity index (χ1v) is 13.9. The Bertz CT molecular complexity index is 1750. The topological polar surface area (TPSA) is 56.9 Å². The third kappa shape index (κ3) is 5.27. The van der Waals surface area contributed by atoms with Crippen LogP contribution in [0.1, 0.15) is 0 Å². The van der Waals surface area contributed by atoms with Gasteiger partial charge in [-0.1, -0.05) is 83.3 Å². The summed E-state index contributed by atoms with van der Waals surface area (Å²) in [4.78, 5) is 12.4. The van der Waals surface area contributed by atoms with Gasteiger partial charge in [0, 0.05) is 11.1 Å².